The smallest absolute Gasteiger partial charge is 0.234 e. The molecule has 1 aromatic heterocycles. The fraction of sp³-hybridized carbons (Fsp3) is 0.150. The van der Waals surface area contributed by atoms with Gasteiger partial charge in [-0.1, -0.05) is 72.4 Å². The lowest BCUT2D eigenvalue weighted by Crippen LogP contribution is -2.35. The Balaban J connectivity index is 1.77. The van der Waals surface area contributed by atoms with E-state index in [9.17, 15) is 4.79 Å². The molecule has 0 saturated heterocycles. The van der Waals surface area contributed by atoms with E-state index in [2.05, 4.69) is 15.3 Å². The van der Waals surface area contributed by atoms with Gasteiger partial charge in [-0.05, 0) is 24.1 Å². The third-order valence-electron chi connectivity index (χ3n) is 3.75. The van der Waals surface area contributed by atoms with E-state index in [1.165, 1.54) is 11.8 Å². The van der Waals surface area contributed by atoms with Gasteiger partial charge in [0.15, 0.2) is 5.16 Å². The van der Waals surface area contributed by atoms with Crippen LogP contribution in [-0.2, 0) is 4.79 Å². The van der Waals surface area contributed by atoms with Crippen molar-refractivity contribution in [1.29, 1.82) is 0 Å². The maximum atomic E-state index is 12.7. The average Bonchev–Trinajstić information content (AvgIpc) is 2.68. The molecule has 0 spiro atoms. The summed E-state index contributed by atoms with van der Waals surface area (Å²) in [6, 6.07) is 21.5. The normalized spacial score (nSPS) is 11.9. The molecule has 1 amide bonds. The second kappa shape index (κ2) is 8.44. The summed E-state index contributed by atoms with van der Waals surface area (Å²) < 4.78 is 0. The van der Waals surface area contributed by atoms with E-state index in [1.54, 1.807) is 18.5 Å². The van der Waals surface area contributed by atoms with Gasteiger partial charge in [0, 0.05) is 12.4 Å². The number of rotatable bonds is 6. The van der Waals surface area contributed by atoms with E-state index < -0.39 is 0 Å². The number of carbonyl (C=O) groups excluding carboxylic acids is 1. The number of nitrogens with zero attached hydrogens (tertiary/aromatic N) is 2. The molecule has 0 bridgehead atoms. The molecule has 1 atom stereocenters. The van der Waals surface area contributed by atoms with Crippen LogP contribution in [0.3, 0.4) is 0 Å². The van der Waals surface area contributed by atoms with Crippen LogP contribution in [0.2, 0.25) is 0 Å². The van der Waals surface area contributed by atoms with Crippen molar-refractivity contribution in [3.05, 3.63) is 90.3 Å². The molecule has 0 fully saturated rings. The Labute approximate surface area is 151 Å². The van der Waals surface area contributed by atoms with Crippen molar-refractivity contribution in [3.63, 3.8) is 0 Å². The van der Waals surface area contributed by atoms with Crippen LogP contribution in [0.5, 0.6) is 0 Å². The number of hydrogen-bond donors (Lipinski definition) is 1. The lowest BCUT2D eigenvalue weighted by atomic mass is 9.98. The van der Waals surface area contributed by atoms with Crippen LogP contribution in [0, 0.1) is 0 Å². The van der Waals surface area contributed by atoms with Gasteiger partial charge in [0.1, 0.15) is 0 Å². The molecule has 0 unspecified atom stereocenters. The molecule has 126 valence electrons. The van der Waals surface area contributed by atoms with E-state index in [0.717, 1.165) is 11.1 Å². The second-order valence-electron chi connectivity index (χ2n) is 5.55. The van der Waals surface area contributed by atoms with Crippen LogP contribution in [0.25, 0.3) is 0 Å². The van der Waals surface area contributed by atoms with Crippen LogP contribution in [0.1, 0.15) is 24.1 Å². The summed E-state index contributed by atoms with van der Waals surface area (Å²) in [6.45, 7) is 1.86. The fourth-order valence-electron chi connectivity index (χ4n) is 2.47. The van der Waals surface area contributed by atoms with Crippen molar-refractivity contribution in [2.75, 3.05) is 0 Å². The van der Waals surface area contributed by atoms with Crippen LogP contribution < -0.4 is 5.32 Å². The number of carbonyl (C=O) groups is 1. The molecule has 0 radical (unpaired) electrons. The zero-order valence-corrected chi connectivity index (χ0v) is 14.7. The van der Waals surface area contributed by atoms with Crippen molar-refractivity contribution in [3.8, 4) is 0 Å². The van der Waals surface area contributed by atoms with Gasteiger partial charge in [-0.25, -0.2) is 9.97 Å². The van der Waals surface area contributed by atoms with Gasteiger partial charge in [-0.2, -0.15) is 0 Å². The summed E-state index contributed by atoms with van der Waals surface area (Å²) >= 11 is 1.35. The van der Waals surface area contributed by atoms with Gasteiger partial charge in [0.2, 0.25) is 5.91 Å². The van der Waals surface area contributed by atoms with Crippen LogP contribution >= 0.6 is 11.8 Å². The fourth-order valence-corrected chi connectivity index (χ4v) is 3.20. The Kier molecular flexibility index (Phi) is 5.80. The number of thioether (sulfide) groups is 1. The Bertz CT molecular complexity index is 757. The highest BCUT2D eigenvalue weighted by molar-refractivity contribution is 8.00. The number of hydrogen-bond acceptors (Lipinski definition) is 4. The Hall–Kier alpha value is -2.66. The maximum absolute atomic E-state index is 12.7. The minimum atomic E-state index is -0.294. The van der Waals surface area contributed by atoms with Gasteiger partial charge in [-0.15, -0.1) is 0 Å². The van der Waals surface area contributed by atoms with Crippen LogP contribution in [-0.4, -0.2) is 21.1 Å². The molecule has 3 rings (SSSR count). The Morgan fingerprint density at radius 2 is 1.40 bits per heavy atom. The molecule has 5 heteroatoms. The summed E-state index contributed by atoms with van der Waals surface area (Å²) in [7, 11) is 0. The summed E-state index contributed by atoms with van der Waals surface area (Å²) in [5.74, 6) is -0.0461. The minimum absolute atomic E-state index is 0.0461. The molecule has 0 aliphatic carbocycles. The number of aromatic nitrogens is 2. The minimum Gasteiger partial charge on any atom is -0.344 e. The number of nitrogens with one attached hydrogen (secondary N) is 1. The van der Waals surface area contributed by atoms with Crippen molar-refractivity contribution in [2.24, 2.45) is 0 Å². The second-order valence-corrected chi connectivity index (χ2v) is 6.86. The summed E-state index contributed by atoms with van der Waals surface area (Å²) in [5.41, 5.74) is 2.10. The lowest BCUT2D eigenvalue weighted by Gasteiger charge is -2.21. The lowest BCUT2D eigenvalue weighted by molar-refractivity contribution is -0.120. The number of benzene rings is 2. The van der Waals surface area contributed by atoms with Gasteiger partial charge >= 0.3 is 0 Å². The zero-order chi connectivity index (χ0) is 17.5. The van der Waals surface area contributed by atoms with Crippen molar-refractivity contribution >= 4 is 17.7 Å². The Morgan fingerprint density at radius 1 is 0.880 bits per heavy atom. The predicted molar refractivity (Wildman–Crippen MR) is 100 cm³/mol. The zero-order valence-electron chi connectivity index (χ0n) is 13.9. The molecule has 2 aromatic carbocycles. The van der Waals surface area contributed by atoms with Crippen molar-refractivity contribution < 1.29 is 4.79 Å². The van der Waals surface area contributed by atoms with Crippen molar-refractivity contribution in [2.45, 2.75) is 23.4 Å². The van der Waals surface area contributed by atoms with Crippen LogP contribution in [0.15, 0.2) is 84.3 Å². The molecule has 25 heavy (non-hydrogen) atoms. The highest BCUT2D eigenvalue weighted by atomic mass is 32.2. The molecule has 3 aromatic rings. The standard InChI is InChI=1S/C20H19N3OS/c1-15(25-20-21-13-8-14-22-20)19(24)23-18(16-9-4-2-5-10-16)17-11-6-3-7-12-17/h2-15,18H,1H3,(H,23,24)/t15-/m0/s1. The quantitative estimate of drug-likeness (QED) is 0.542. The molecule has 0 aliphatic rings. The van der Waals surface area contributed by atoms with Gasteiger partial charge < -0.3 is 5.32 Å². The SMILES string of the molecule is C[C@H](Sc1ncccn1)C(=O)NC(c1ccccc1)c1ccccc1. The monoisotopic (exact) mass is 349 g/mol. The van der Waals surface area contributed by atoms with E-state index in [4.69, 9.17) is 0 Å². The number of amides is 1. The maximum Gasteiger partial charge on any atom is 0.234 e. The Morgan fingerprint density at radius 3 is 1.92 bits per heavy atom. The third kappa shape index (κ3) is 4.67. The largest absolute Gasteiger partial charge is 0.344 e. The van der Waals surface area contributed by atoms with E-state index >= 15 is 0 Å². The summed E-state index contributed by atoms with van der Waals surface area (Å²) in [5, 5.41) is 3.46. The van der Waals surface area contributed by atoms with E-state index in [0.29, 0.717) is 5.16 Å². The first-order chi connectivity index (χ1) is 12.2. The first kappa shape index (κ1) is 17.2. The highest BCUT2D eigenvalue weighted by Crippen LogP contribution is 2.24. The van der Waals surface area contributed by atoms with Gasteiger partial charge in [0.05, 0.1) is 11.3 Å². The third-order valence-corrected chi connectivity index (χ3v) is 4.74. The first-order valence-electron chi connectivity index (χ1n) is 8.08. The molecule has 0 aliphatic heterocycles. The average molecular weight is 349 g/mol. The molecule has 4 nitrogen and oxygen atoms in total. The topological polar surface area (TPSA) is 54.9 Å². The molecular formula is C20H19N3OS. The van der Waals surface area contributed by atoms with E-state index in [1.807, 2.05) is 67.6 Å². The summed E-state index contributed by atoms with van der Waals surface area (Å²) in [6.07, 6.45) is 3.35. The molecular weight excluding hydrogens is 330 g/mol. The molecule has 1 N–H and O–H groups in total. The summed E-state index contributed by atoms with van der Waals surface area (Å²) in [4.78, 5) is 21.1. The van der Waals surface area contributed by atoms with E-state index in [-0.39, 0.29) is 17.2 Å². The van der Waals surface area contributed by atoms with Crippen LogP contribution in [0.4, 0.5) is 0 Å². The first-order valence-corrected chi connectivity index (χ1v) is 8.96. The predicted octanol–water partition coefficient (Wildman–Crippen LogP) is 3.86. The molecule has 1 heterocycles. The van der Waals surface area contributed by atoms with Gasteiger partial charge in [-0.3, -0.25) is 4.79 Å². The van der Waals surface area contributed by atoms with Gasteiger partial charge in [0.25, 0.3) is 0 Å². The van der Waals surface area contributed by atoms with Crippen molar-refractivity contribution in [1.82, 2.24) is 15.3 Å². The highest BCUT2D eigenvalue weighted by Gasteiger charge is 2.21. The molecule has 0 saturated carbocycles.